The van der Waals surface area contributed by atoms with Crippen molar-refractivity contribution in [1.29, 1.82) is 0 Å². The Bertz CT molecular complexity index is 496. The minimum absolute atomic E-state index is 0.105. The zero-order chi connectivity index (χ0) is 14.3. The van der Waals surface area contributed by atoms with Gasteiger partial charge in [0, 0.05) is 12.2 Å². The molecule has 0 aromatic heterocycles. The van der Waals surface area contributed by atoms with Gasteiger partial charge in [0.1, 0.15) is 0 Å². The molecule has 2 N–H and O–H groups in total. The quantitative estimate of drug-likeness (QED) is 0.871. The lowest BCUT2D eigenvalue weighted by molar-refractivity contribution is -0.142. The van der Waals surface area contributed by atoms with Gasteiger partial charge in [0.05, 0.1) is 5.41 Å². The number of hydrogen-bond donors (Lipinski definition) is 2. The Morgan fingerprint density at radius 1 is 1.37 bits per heavy atom. The SMILES string of the molecule is Cc1ccc(C(C)(C)C)cc1NCC1(C(=O)O)CC1. The van der Waals surface area contributed by atoms with E-state index in [1.54, 1.807) is 0 Å². The Morgan fingerprint density at radius 2 is 2.00 bits per heavy atom. The number of carboxylic acid groups (broad SMARTS) is 1. The van der Waals surface area contributed by atoms with Crippen LogP contribution in [0.15, 0.2) is 18.2 Å². The maximum Gasteiger partial charge on any atom is 0.311 e. The van der Waals surface area contributed by atoms with Crippen molar-refractivity contribution >= 4 is 11.7 Å². The van der Waals surface area contributed by atoms with Gasteiger partial charge in [-0.25, -0.2) is 0 Å². The van der Waals surface area contributed by atoms with Crippen molar-refractivity contribution < 1.29 is 9.90 Å². The molecular formula is C16H23NO2. The fourth-order valence-electron chi connectivity index (χ4n) is 2.16. The van der Waals surface area contributed by atoms with Crippen molar-refractivity contribution in [3.63, 3.8) is 0 Å². The van der Waals surface area contributed by atoms with E-state index in [0.717, 1.165) is 24.1 Å². The average molecular weight is 261 g/mol. The molecule has 0 radical (unpaired) electrons. The molecule has 0 aliphatic heterocycles. The molecule has 1 aliphatic rings. The monoisotopic (exact) mass is 261 g/mol. The van der Waals surface area contributed by atoms with Gasteiger partial charge in [-0.15, -0.1) is 0 Å². The highest BCUT2D eigenvalue weighted by atomic mass is 16.4. The number of benzene rings is 1. The number of carboxylic acids is 1. The average Bonchev–Trinajstić information content (AvgIpc) is 3.07. The zero-order valence-corrected chi connectivity index (χ0v) is 12.2. The van der Waals surface area contributed by atoms with Crippen LogP contribution < -0.4 is 5.32 Å². The Balaban J connectivity index is 2.14. The molecule has 2 rings (SSSR count). The van der Waals surface area contributed by atoms with E-state index in [0.29, 0.717) is 6.54 Å². The molecule has 0 unspecified atom stereocenters. The van der Waals surface area contributed by atoms with Crippen LogP contribution in [-0.4, -0.2) is 17.6 Å². The van der Waals surface area contributed by atoms with E-state index in [2.05, 4.69) is 51.2 Å². The first-order valence-corrected chi connectivity index (χ1v) is 6.83. The molecular weight excluding hydrogens is 238 g/mol. The number of rotatable bonds is 4. The highest BCUT2D eigenvalue weighted by Gasteiger charge is 2.50. The molecule has 0 atom stereocenters. The van der Waals surface area contributed by atoms with Crippen LogP contribution in [0.4, 0.5) is 5.69 Å². The number of hydrogen-bond acceptors (Lipinski definition) is 2. The molecule has 1 aliphatic carbocycles. The van der Waals surface area contributed by atoms with Gasteiger partial charge in [-0.05, 0) is 42.4 Å². The minimum Gasteiger partial charge on any atom is -0.481 e. The summed E-state index contributed by atoms with van der Waals surface area (Å²) in [7, 11) is 0. The Morgan fingerprint density at radius 3 is 2.47 bits per heavy atom. The van der Waals surface area contributed by atoms with Gasteiger partial charge >= 0.3 is 5.97 Å². The molecule has 0 spiro atoms. The standard InChI is InChI=1S/C16H23NO2/c1-11-5-6-12(15(2,3)4)9-13(11)17-10-16(7-8-16)14(18)19/h5-6,9,17H,7-8,10H2,1-4H3,(H,18,19). The largest absolute Gasteiger partial charge is 0.481 e. The molecule has 104 valence electrons. The third-order valence-electron chi connectivity index (χ3n) is 4.03. The van der Waals surface area contributed by atoms with Gasteiger partial charge in [-0.3, -0.25) is 4.79 Å². The molecule has 0 saturated heterocycles. The van der Waals surface area contributed by atoms with E-state index in [1.165, 1.54) is 5.56 Å². The Hall–Kier alpha value is -1.51. The minimum atomic E-state index is -0.676. The predicted molar refractivity (Wildman–Crippen MR) is 77.7 cm³/mol. The Labute approximate surface area is 115 Å². The van der Waals surface area contributed by atoms with Gasteiger partial charge in [0.15, 0.2) is 0 Å². The van der Waals surface area contributed by atoms with Crippen LogP contribution in [0.2, 0.25) is 0 Å². The van der Waals surface area contributed by atoms with Crippen molar-refractivity contribution in [3.05, 3.63) is 29.3 Å². The maximum absolute atomic E-state index is 11.2. The lowest BCUT2D eigenvalue weighted by Gasteiger charge is -2.22. The van der Waals surface area contributed by atoms with Gasteiger partial charge in [-0.2, -0.15) is 0 Å². The molecule has 1 fully saturated rings. The smallest absolute Gasteiger partial charge is 0.311 e. The lowest BCUT2D eigenvalue weighted by atomic mass is 9.86. The third-order valence-corrected chi connectivity index (χ3v) is 4.03. The second-order valence-electron chi connectivity index (χ2n) is 6.72. The van der Waals surface area contributed by atoms with Crippen LogP contribution in [0.3, 0.4) is 0 Å². The van der Waals surface area contributed by atoms with E-state index < -0.39 is 11.4 Å². The normalized spacial score (nSPS) is 17.1. The number of anilines is 1. The highest BCUT2D eigenvalue weighted by Crippen LogP contribution is 2.46. The van der Waals surface area contributed by atoms with Crippen LogP contribution in [-0.2, 0) is 10.2 Å². The summed E-state index contributed by atoms with van der Waals surface area (Å²) in [5.41, 5.74) is 3.06. The summed E-state index contributed by atoms with van der Waals surface area (Å²) in [6, 6.07) is 6.39. The van der Waals surface area contributed by atoms with E-state index in [1.807, 2.05) is 0 Å². The first-order valence-electron chi connectivity index (χ1n) is 6.83. The number of aryl methyl sites for hydroxylation is 1. The van der Waals surface area contributed by atoms with Gasteiger partial charge in [-0.1, -0.05) is 32.9 Å². The molecule has 0 bridgehead atoms. The first-order chi connectivity index (χ1) is 8.74. The summed E-state index contributed by atoms with van der Waals surface area (Å²) < 4.78 is 0. The number of nitrogens with one attached hydrogen (secondary N) is 1. The maximum atomic E-state index is 11.2. The second kappa shape index (κ2) is 4.55. The van der Waals surface area contributed by atoms with Gasteiger partial charge < -0.3 is 10.4 Å². The molecule has 0 heterocycles. The van der Waals surface area contributed by atoms with E-state index in [4.69, 9.17) is 0 Å². The molecule has 1 aromatic rings. The fraction of sp³-hybridized carbons (Fsp3) is 0.562. The third kappa shape index (κ3) is 2.91. The number of aliphatic carboxylic acids is 1. The van der Waals surface area contributed by atoms with Crippen LogP contribution in [0, 0.1) is 12.3 Å². The molecule has 3 nitrogen and oxygen atoms in total. The van der Waals surface area contributed by atoms with Crippen molar-refractivity contribution in [3.8, 4) is 0 Å². The van der Waals surface area contributed by atoms with Crippen LogP contribution in [0.5, 0.6) is 0 Å². The van der Waals surface area contributed by atoms with E-state index >= 15 is 0 Å². The first kappa shape index (κ1) is 13.9. The van der Waals surface area contributed by atoms with Crippen LogP contribution in [0.1, 0.15) is 44.7 Å². The Kier molecular flexibility index (Phi) is 3.33. The molecule has 3 heteroatoms. The molecule has 1 aromatic carbocycles. The summed E-state index contributed by atoms with van der Waals surface area (Å²) in [5.74, 6) is -0.676. The predicted octanol–water partition coefficient (Wildman–Crippen LogP) is 3.57. The highest BCUT2D eigenvalue weighted by molar-refractivity contribution is 5.78. The van der Waals surface area contributed by atoms with Gasteiger partial charge in [0.2, 0.25) is 0 Å². The summed E-state index contributed by atoms with van der Waals surface area (Å²) in [6.45, 7) is 9.12. The fourth-order valence-corrected chi connectivity index (χ4v) is 2.16. The molecule has 0 amide bonds. The van der Waals surface area contributed by atoms with Crippen molar-refractivity contribution in [2.24, 2.45) is 5.41 Å². The van der Waals surface area contributed by atoms with Crippen molar-refractivity contribution in [2.45, 2.75) is 46.0 Å². The zero-order valence-electron chi connectivity index (χ0n) is 12.2. The summed E-state index contributed by atoms with van der Waals surface area (Å²) in [4.78, 5) is 11.2. The molecule has 19 heavy (non-hydrogen) atoms. The van der Waals surface area contributed by atoms with Crippen LogP contribution in [0.25, 0.3) is 0 Å². The summed E-state index contributed by atoms with van der Waals surface area (Å²) in [5, 5.41) is 12.5. The van der Waals surface area contributed by atoms with E-state index in [-0.39, 0.29) is 5.41 Å². The number of carbonyl (C=O) groups is 1. The van der Waals surface area contributed by atoms with E-state index in [9.17, 15) is 9.90 Å². The van der Waals surface area contributed by atoms with Crippen molar-refractivity contribution in [1.82, 2.24) is 0 Å². The summed E-state index contributed by atoms with van der Waals surface area (Å²) >= 11 is 0. The molecule has 1 saturated carbocycles. The van der Waals surface area contributed by atoms with Crippen molar-refractivity contribution in [2.75, 3.05) is 11.9 Å². The summed E-state index contributed by atoms with van der Waals surface area (Å²) in [6.07, 6.45) is 1.57. The lowest BCUT2D eigenvalue weighted by Crippen LogP contribution is -2.24. The second-order valence-corrected chi connectivity index (χ2v) is 6.72. The van der Waals surface area contributed by atoms with Gasteiger partial charge in [0.25, 0.3) is 0 Å². The van der Waals surface area contributed by atoms with Crippen LogP contribution >= 0.6 is 0 Å². The topological polar surface area (TPSA) is 49.3 Å².